The highest BCUT2D eigenvalue weighted by Gasteiger charge is 2.07. The molecule has 114 valence electrons. The first kappa shape index (κ1) is 13.6. The van der Waals surface area contributed by atoms with Gasteiger partial charge in [-0.25, -0.2) is 9.66 Å². The molecule has 0 atom stereocenters. The highest BCUT2D eigenvalue weighted by Crippen LogP contribution is 2.15. The standard InChI is InChI=1S/C18H16N4O/c23-18(20-22-13-19-15-6-2-4-8-17(15)22)10-12-21-11-9-14-5-1-3-7-16(14)21/h1-9,11,13H,10,12H2,(H,20,23). The van der Waals surface area contributed by atoms with Crippen molar-refractivity contribution in [1.82, 2.24) is 14.2 Å². The van der Waals surface area contributed by atoms with Crippen LogP contribution in [0.2, 0.25) is 0 Å². The zero-order valence-corrected chi connectivity index (χ0v) is 12.5. The number of carbonyl (C=O) groups is 1. The summed E-state index contributed by atoms with van der Waals surface area (Å²) < 4.78 is 3.77. The van der Waals surface area contributed by atoms with Crippen LogP contribution in [-0.2, 0) is 11.3 Å². The Labute approximate surface area is 133 Å². The minimum absolute atomic E-state index is 0.0362. The second-order valence-corrected chi connectivity index (χ2v) is 5.46. The van der Waals surface area contributed by atoms with Crippen molar-refractivity contribution in [1.29, 1.82) is 0 Å². The number of nitrogens with one attached hydrogen (secondary N) is 1. The summed E-state index contributed by atoms with van der Waals surface area (Å²) in [6.45, 7) is 0.645. The minimum atomic E-state index is -0.0362. The van der Waals surface area contributed by atoms with E-state index in [1.165, 1.54) is 5.39 Å². The number of imidazole rings is 1. The fraction of sp³-hybridized carbons (Fsp3) is 0.111. The topological polar surface area (TPSA) is 51.9 Å². The predicted octanol–water partition coefficient (Wildman–Crippen LogP) is 3.15. The van der Waals surface area contributed by atoms with Gasteiger partial charge in [-0.3, -0.25) is 10.2 Å². The van der Waals surface area contributed by atoms with Crippen LogP contribution in [0.3, 0.4) is 0 Å². The summed E-state index contributed by atoms with van der Waals surface area (Å²) >= 11 is 0. The normalized spacial score (nSPS) is 11.1. The van der Waals surface area contributed by atoms with Crippen molar-refractivity contribution in [2.75, 3.05) is 5.43 Å². The van der Waals surface area contributed by atoms with Crippen molar-refractivity contribution in [2.24, 2.45) is 0 Å². The van der Waals surface area contributed by atoms with Gasteiger partial charge in [0, 0.05) is 24.7 Å². The smallest absolute Gasteiger partial charge is 0.240 e. The molecule has 0 bridgehead atoms. The van der Waals surface area contributed by atoms with E-state index >= 15 is 0 Å². The summed E-state index contributed by atoms with van der Waals surface area (Å²) in [5.41, 5.74) is 5.78. The van der Waals surface area contributed by atoms with Gasteiger partial charge in [0.05, 0.1) is 11.0 Å². The summed E-state index contributed by atoms with van der Waals surface area (Å²) in [5.74, 6) is -0.0362. The van der Waals surface area contributed by atoms with Crippen LogP contribution in [0, 0.1) is 0 Å². The first-order valence-electron chi connectivity index (χ1n) is 7.57. The Hall–Kier alpha value is -3.08. The van der Waals surface area contributed by atoms with Crippen molar-refractivity contribution in [3.63, 3.8) is 0 Å². The summed E-state index contributed by atoms with van der Waals surface area (Å²) in [4.78, 5) is 16.5. The highest BCUT2D eigenvalue weighted by molar-refractivity contribution is 5.86. The van der Waals surface area contributed by atoms with Crippen LogP contribution in [0.1, 0.15) is 6.42 Å². The van der Waals surface area contributed by atoms with Crippen LogP contribution < -0.4 is 5.43 Å². The third-order valence-electron chi connectivity index (χ3n) is 3.96. The molecule has 4 aromatic rings. The molecule has 23 heavy (non-hydrogen) atoms. The molecule has 1 amide bonds. The third-order valence-corrected chi connectivity index (χ3v) is 3.96. The van der Waals surface area contributed by atoms with Crippen LogP contribution in [0.25, 0.3) is 21.9 Å². The first-order valence-corrected chi connectivity index (χ1v) is 7.57. The molecule has 2 aromatic heterocycles. The molecule has 2 heterocycles. The molecule has 0 aliphatic carbocycles. The molecule has 4 rings (SSSR count). The zero-order valence-electron chi connectivity index (χ0n) is 12.5. The maximum Gasteiger partial charge on any atom is 0.240 e. The largest absolute Gasteiger partial charge is 0.347 e. The minimum Gasteiger partial charge on any atom is -0.347 e. The van der Waals surface area contributed by atoms with E-state index in [-0.39, 0.29) is 5.91 Å². The molecule has 0 aliphatic heterocycles. The molecule has 1 N–H and O–H groups in total. The van der Waals surface area contributed by atoms with Crippen molar-refractivity contribution < 1.29 is 4.79 Å². The average Bonchev–Trinajstić information content (AvgIpc) is 3.18. The quantitative estimate of drug-likeness (QED) is 0.629. The Morgan fingerprint density at radius 3 is 2.70 bits per heavy atom. The summed E-state index contributed by atoms with van der Waals surface area (Å²) in [6.07, 6.45) is 4.06. The lowest BCUT2D eigenvalue weighted by atomic mass is 10.2. The van der Waals surface area contributed by atoms with E-state index in [0.29, 0.717) is 13.0 Å². The lowest BCUT2D eigenvalue weighted by Gasteiger charge is -2.08. The molecule has 0 spiro atoms. The van der Waals surface area contributed by atoms with Crippen LogP contribution in [0.5, 0.6) is 0 Å². The molecule has 2 aromatic carbocycles. The number of fused-ring (bicyclic) bond motifs is 2. The number of carbonyl (C=O) groups excluding carboxylic acids is 1. The van der Waals surface area contributed by atoms with Gasteiger partial charge < -0.3 is 4.57 Å². The van der Waals surface area contributed by atoms with Gasteiger partial charge in [-0.2, -0.15) is 0 Å². The molecule has 0 saturated heterocycles. The van der Waals surface area contributed by atoms with Gasteiger partial charge in [0.2, 0.25) is 5.91 Å². The van der Waals surface area contributed by atoms with E-state index in [2.05, 4.69) is 33.2 Å². The predicted molar refractivity (Wildman–Crippen MR) is 90.7 cm³/mol. The molecule has 5 heteroatoms. The molecule has 0 aliphatic rings. The van der Waals surface area contributed by atoms with Crippen LogP contribution in [-0.4, -0.2) is 20.1 Å². The second kappa shape index (κ2) is 5.61. The van der Waals surface area contributed by atoms with Crippen LogP contribution >= 0.6 is 0 Å². The van der Waals surface area contributed by atoms with Crippen LogP contribution in [0.15, 0.2) is 67.1 Å². The van der Waals surface area contributed by atoms with E-state index in [9.17, 15) is 4.79 Å². The van der Waals surface area contributed by atoms with Gasteiger partial charge in [0.15, 0.2) is 0 Å². The molecular weight excluding hydrogens is 288 g/mol. The lowest BCUT2D eigenvalue weighted by Crippen LogP contribution is -2.23. The summed E-state index contributed by atoms with van der Waals surface area (Å²) in [5, 5.41) is 1.19. The highest BCUT2D eigenvalue weighted by atomic mass is 16.2. The molecule has 0 unspecified atom stereocenters. The third kappa shape index (κ3) is 2.57. The molecule has 0 saturated carbocycles. The van der Waals surface area contributed by atoms with Crippen LogP contribution in [0.4, 0.5) is 0 Å². The Kier molecular flexibility index (Phi) is 3.31. The van der Waals surface area contributed by atoms with Gasteiger partial charge >= 0.3 is 0 Å². The maximum atomic E-state index is 12.2. The van der Waals surface area contributed by atoms with Gasteiger partial charge in [-0.1, -0.05) is 30.3 Å². The van der Waals surface area contributed by atoms with Gasteiger partial charge in [0.1, 0.15) is 6.33 Å². The van der Waals surface area contributed by atoms with Crippen molar-refractivity contribution in [3.05, 3.63) is 67.1 Å². The Morgan fingerprint density at radius 2 is 1.78 bits per heavy atom. The van der Waals surface area contributed by atoms with E-state index in [0.717, 1.165) is 16.6 Å². The number of benzene rings is 2. The van der Waals surface area contributed by atoms with Crippen molar-refractivity contribution in [3.8, 4) is 0 Å². The number of aromatic nitrogens is 3. The number of hydrogen-bond acceptors (Lipinski definition) is 2. The number of hydrogen-bond donors (Lipinski definition) is 1. The van der Waals surface area contributed by atoms with E-state index in [1.54, 1.807) is 11.0 Å². The summed E-state index contributed by atoms with van der Waals surface area (Å²) in [6, 6.07) is 17.9. The lowest BCUT2D eigenvalue weighted by molar-refractivity contribution is -0.117. The van der Waals surface area contributed by atoms with Gasteiger partial charge in [0.25, 0.3) is 0 Å². The molecule has 0 fully saturated rings. The molecule has 0 radical (unpaired) electrons. The number of aryl methyl sites for hydroxylation is 1. The number of nitrogens with zero attached hydrogens (tertiary/aromatic N) is 3. The van der Waals surface area contributed by atoms with Gasteiger partial charge in [-0.05, 0) is 29.7 Å². The number of amides is 1. The summed E-state index contributed by atoms with van der Waals surface area (Å²) in [7, 11) is 0. The first-order chi connectivity index (χ1) is 11.3. The number of rotatable bonds is 4. The Balaban J connectivity index is 1.46. The van der Waals surface area contributed by atoms with Crippen molar-refractivity contribution >= 4 is 27.8 Å². The monoisotopic (exact) mass is 304 g/mol. The molecule has 5 nitrogen and oxygen atoms in total. The zero-order chi connectivity index (χ0) is 15.6. The number of para-hydroxylation sites is 3. The molecular formula is C18H16N4O. The fourth-order valence-corrected chi connectivity index (χ4v) is 2.80. The fourth-order valence-electron chi connectivity index (χ4n) is 2.80. The van der Waals surface area contributed by atoms with E-state index in [4.69, 9.17) is 0 Å². The second-order valence-electron chi connectivity index (χ2n) is 5.46. The van der Waals surface area contributed by atoms with E-state index < -0.39 is 0 Å². The van der Waals surface area contributed by atoms with E-state index in [1.807, 2.05) is 42.6 Å². The van der Waals surface area contributed by atoms with Crippen molar-refractivity contribution in [2.45, 2.75) is 13.0 Å². The maximum absolute atomic E-state index is 12.2. The van der Waals surface area contributed by atoms with Gasteiger partial charge in [-0.15, -0.1) is 0 Å². The SMILES string of the molecule is O=C(CCn1ccc2ccccc21)Nn1cnc2ccccc21. The Bertz CT molecular complexity index is 983. The Morgan fingerprint density at radius 1 is 1.00 bits per heavy atom. The average molecular weight is 304 g/mol.